The topological polar surface area (TPSA) is 99.7 Å². The molecule has 1 aliphatic heterocycles. The Bertz CT molecular complexity index is 1420. The van der Waals surface area contributed by atoms with Gasteiger partial charge >= 0.3 is 11.7 Å². The van der Waals surface area contributed by atoms with Crippen molar-refractivity contribution in [2.24, 2.45) is 5.41 Å². The van der Waals surface area contributed by atoms with E-state index in [1.165, 1.54) is 37.7 Å². The van der Waals surface area contributed by atoms with Crippen molar-refractivity contribution in [2.45, 2.75) is 97.0 Å². The van der Waals surface area contributed by atoms with Crippen molar-refractivity contribution in [3.63, 3.8) is 0 Å². The van der Waals surface area contributed by atoms with Crippen LogP contribution in [0.2, 0.25) is 13.1 Å². The number of nitro groups is 1. The highest BCUT2D eigenvalue weighted by Gasteiger charge is 2.44. The molecule has 1 unspecified atom stereocenters. The first kappa shape index (κ1) is 29.7. The van der Waals surface area contributed by atoms with Crippen LogP contribution in [0.3, 0.4) is 0 Å². The summed E-state index contributed by atoms with van der Waals surface area (Å²) in [7, 11) is -0.0972. The monoisotopic (exact) mass is 598 g/mol. The van der Waals surface area contributed by atoms with E-state index in [0.29, 0.717) is 28.0 Å². The second-order valence-corrected chi connectivity index (χ2v) is 16.1. The highest BCUT2D eigenvalue weighted by atomic mass is 32.1. The summed E-state index contributed by atoms with van der Waals surface area (Å²) in [6.45, 7) is 11.6. The van der Waals surface area contributed by atoms with Crippen LogP contribution < -0.4 is 4.90 Å². The molecule has 2 aliphatic rings. The molecule has 2 atom stereocenters. The minimum Gasteiger partial charge on any atom is -0.465 e. The summed E-state index contributed by atoms with van der Waals surface area (Å²) in [6.07, 6.45) is 9.67. The number of anilines is 1. The number of fused-ring (bicyclic) bond motifs is 1. The second kappa shape index (κ2) is 11.8. The number of aromatic nitrogens is 2. The molecule has 1 aromatic carbocycles. The van der Waals surface area contributed by atoms with E-state index >= 15 is 0 Å². The maximum absolute atomic E-state index is 13.2. The Morgan fingerprint density at radius 1 is 1.17 bits per heavy atom. The number of carbonyl (C=O) groups is 1. The molecule has 9 nitrogen and oxygen atoms in total. The highest BCUT2D eigenvalue weighted by Crippen LogP contribution is 2.50. The van der Waals surface area contributed by atoms with Crippen LogP contribution in [0.25, 0.3) is 21.5 Å². The van der Waals surface area contributed by atoms with Gasteiger partial charge in [-0.2, -0.15) is 0 Å². The zero-order chi connectivity index (χ0) is 29.5. The number of benzene rings is 1. The average Bonchev–Trinajstić information content (AvgIpc) is 3.67. The lowest BCUT2D eigenvalue weighted by molar-refractivity contribution is -0.384. The van der Waals surface area contributed by atoms with Crippen molar-refractivity contribution in [1.29, 1.82) is 0 Å². The molecule has 11 heteroatoms. The number of rotatable bonds is 8. The molecule has 3 aromatic rings. The van der Waals surface area contributed by atoms with Gasteiger partial charge in [-0.3, -0.25) is 10.1 Å². The first-order chi connectivity index (χ1) is 19.5. The largest absolute Gasteiger partial charge is 0.465 e. The summed E-state index contributed by atoms with van der Waals surface area (Å²) in [5.74, 6) is -0.686. The lowest BCUT2D eigenvalue weighted by Crippen LogP contribution is -2.49. The average molecular weight is 599 g/mol. The molecule has 5 rings (SSSR count). The smallest absolute Gasteiger partial charge is 0.347 e. The number of imidazole rings is 1. The Kier molecular flexibility index (Phi) is 8.59. The van der Waals surface area contributed by atoms with Gasteiger partial charge in [0.1, 0.15) is 9.88 Å². The minimum atomic E-state index is -1.38. The quantitative estimate of drug-likeness (QED) is 0.116. The summed E-state index contributed by atoms with van der Waals surface area (Å²) in [5, 5.41) is 13.2. The van der Waals surface area contributed by atoms with E-state index in [2.05, 4.69) is 48.3 Å². The fourth-order valence-corrected chi connectivity index (χ4v) is 9.13. The van der Waals surface area contributed by atoms with Crippen molar-refractivity contribution in [3.05, 3.63) is 40.2 Å². The third-order valence-electron chi connectivity index (χ3n) is 8.42. The SMILES string of the molecule is COC(=O)c1c(N2CCC[C@@H]2C(O[SiH](C)C)C(C)(C)C)sc(-c2ccc3c(c2)ncn3C2CCCCC2)c1[N+](=O)[O-]. The molecule has 2 aromatic heterocycles. The molecule has 41 heavy (non-hydrogen) atoms. The number of hydrogen-bond acceptors (Lipinski definition) is 8. The minimum absolute atomic E-state index is 0.00748. The third kappa shape index (κ3) is 5.81. The van der Waals surface area contributed by atoms with Crippen LogP contribution in [0.4, 0.5) is 10.7 Å². The van der Waals surface area contributed by atoms with Gasteiger partial charge in [0, 0.05) is 18.2 Å². The number of carbonyl (C=O) groups excluding carboxylic acids is 1. The zero-order valence-corrected chi connectivity index (χ0v) is 27.0. The van der Waals surface area contributed by atoms with Crippen LogP contribution in [0.15, 0.2) is 24.5 Å². The summed E-state index contributed by atoms with van der Waals surface area (Å²) in [5.41, 5.74) is 2.24. The molecular formula is C30H42N4O5SSi. The van der Waals surface area contributed by atoms with Crippen molar-refractivity contribution < 1.29 is 18.9 Å². The number of hydrogen-bond donors (Lipinski definition) is 0. The molecule has 1 saturated heterocycles. The van der Waals surface area contributed by atoms with E-state index < -0.39 is 19.9 Å². The molecule has 2 fully saturated rings. The number of thiophene rings is 1. The predicted molar refractivity (Wildman–Crippen MR) is 167 cm³/mol. The third-order valence-corrected chi connectivity index (χ3v) is 10.5. The number of ether oxygens (including phenoxy) is 1. The van der Waals surface area contributed by atoms with Crippen molar-refractivity contribution in [2.75, 3.05) is 18.6 Å². The molecular weight excluding hydrogens is 557 g/mol. The Hall–Kier alpha value is -2.76. The van der Waals surface area contributed by atoms with Gasteiger partial charge in [-0.25, -0.2) is 9.78 Å². The Balaban J connectivity index is 1.62. The van der Waals surface area contributed by atoms with Gasteiger partial charge in [0.15, 0.2) is 14.6 Å². The fourth-order valence-electron chi connectivity index (χ4n) is 6.62. The van der Waals surface area contributed by atoms with Gasteiger partial charge in [-0.05, 0) is 56.3 Å². The van der Waals surface area contributed by atoms with Crippen LogP contribution >= 0.6 is 11.3 Å². The second-order valence-electron chi connectivity index (χ2n) is 12.7. The molecule has 0 radical (unpaired) electrons. The lowest BCUT2D eigenvalue weighted by atomic mass is 9.84. The number of methoxy groups -OCH3 is 1. The Labute approximate surface area is 247 Å². The predicted octanol–water partition coefficient (Wildman–Crippen LogP) is 7.35. The first-order valence-electron chi connectivity index (χ1n) is 14.8. The molecule has 0 N–H and O–H groups in total. The van der Waals surface area contributed by atoms with Gasteiger partial charge in [0.25, 0.3) is 0 Å². The van der Waals surface area contributed by atoms with Crippen LogP contribution in [0.5, 0.6) is 0 Å². The van der Waals surface area contributed by atoms with Gasteiger partial charge < -0.3 is 18.6 Å². The molecule has 1 aliphatic carbocycles. The van der Waals surface area contributed by atoms with E-state index in [1.807, 2.05) is 24.5 Å². The van der Waals surface area contributed by atoms with E-state index in [9.17, 15) is 14.9 Å². The standard InChI is InChI=1S/C30H42N4O5SSi/c1-30(2,3)27(39-41(5)6)23-13-10-16-32(23)28-24(29(35)38-4)25(34(36)37)26(40-28)19-14-15-22-21(17-19)31-18-33(22)20-11-8-7-9-12-20/h14-15,17-18,20,23,27,41H,7-13,16H2,1-6H3/t23-,27?/m1/s1. The van der Waals surface area contributed by atoms with E-state index in [-0.39, 0.29) is 28.8 Å². The summed E-state index contributed by atoms with van der Waals surface area (Å²) >= 11 is 1.31. The number of esters is 1. The van der Waals surface area contributed by atoms with Crippen molar-refractivity contribution in [3.8, 4) is 10.4 Å². The molecule has 0 spiro atoms. The summed E-state index contributed by atoms with van der Waals surface area (Å²) in [6, 6.07) is 6.31. The molecule has 3 heterocycles. The van der Waals surface area contributed by atoms with Gasteiger partial charge in [-0.1, -0.05) is 46.1 Å². The van der Waals surface area contributed by atoms with E-state index in [4.69, 9.17) is 9.16 Å². The Morgan fingerprint density at radius 3 is 2.54 bits per heavy atom. The maximum Gasteiger partial charge on any atom is 0.347 e. The zero-order valence-electron chi connectivity index (χ0n) is 25.0. The molecule has 1 saturated carbocycles. The van der Waals surface area contributed by atoms with Gasteiger partial charge in [0.05, 0.1) is 41.5 Å². The molecule has 0 amide bonds. The molecule has 222 valence electrons. The van der Waals surface area contributed by atoms with E-state index in [1.54, 1.807) is 0 Å². The van der Waals surface area contributed by atoms with Crippen LogP contribution in [-0.2, 0) is 9.16 Å². The van der Waals surface area contributed by atoms with E-state index in [0.717, 1.165) is 36.7 Å². The Morgan fingerprint density at radius 2 is 1.90 bits per heavy atom. The fraction of sp³-hybridized carbons (Fsp3) is 0.600. The first-order valence-corrected chi connectivity index (χ1v) is 18.4. The lowest BCUT2D eigenvalue weighted by Gasteiger charge is -2.41. The van der Waals surface area contributed by atoms with Crippen molar-refractivity contribution in [1.82, 2.24) is 9.55 Å². The van der Waals surface area contributed by atoms with Gasteiger partial charge in [0.2, 0.25) is 0 Å². The molecule has 0 bridgehead atoms. The summed E-state index contributed by atoms with van der Waals surface area (Å²) < 4.78 is 14.0. The van der Waals surface area contributed by atoms with Crippen molar-refractivity contribution >= 4 is 48.1 Å². The van der Waals surface area contributed by atoms with Crippen LogP contribution in [-0.4, -0.2) is 55.3 Å². The van der Waals surface area contributed by atoms with Crippen LogP contribution in [0.1, 0.15) is 82.1 Å². The van der Waals surface area contributed by atoms with Gasteiger partial charge in [-0.15, -0.1) is 11.3 Å². The highest BCUT2D eigenvalue weighted by molar-refractivity contribution is 7.20. The maximum atomic E-state index is 13.2. The normalized spacial score (nSPS) is 19.3. The van der Waals surface area contributed by atoms with Crippen LogP contribution in [0, 0.1) is 15.5 Å². The number of nitrogens with zero attached hydrogens (tertiary/aromatic N) is 4. The summed E-state index contributed by atoms with van der Waals surface area (Å²) in [4.78, 5) is 32.7.